The van der Waals surface area contributed by atoms with E-state index < -0.39 is 12.3 Å². The van der Waals surface area contributed by atoms with Gasteiger partial charge in [-0.15, -0.1) is 0 Å². The average Bonchev–Trinajstić information content (AvgIpc) is 1.84. The maximum Gasteiger partial charge on any atom is 0.128 e. The summed E-state index contributed by atoms with van der Waals surface area (Å²) >= 11 is 0. The number of aliphatic hydroxyl groups is 1. The summed E-state index contributed by atoms with van der Waals surface area (Å²) in [6.45, 7) is 7.19. The van der Waals surface area contributed by atoms with Crippen molar-refractivity contribution in [3.8, 4) is 0 Å². The largest absolute Gasteiger partial charge is 0.390 e. The third-order valence-electron chi connectivity index (χ3n) is 1.65. The van der Waals surface area contributed by atoms with Crippen LogP contribution in [0.2, 0.25) is 0 Å². The molecule has 0 rings (SSSR count). The van der Waals surface area contributed by atoms with E-state index in [-0.39, 0.29) is 11.8 Å². The molecule has 2 atom stereocenters. The summed E-state index contributed by atoms with van der Waals surface area (Å²) in [6, 6.07) is 0. The molecule has 2 heteroatoms. The van der Waals surface area contributed by atoms with E-state index in [4.69, 9.17) is 0 Å². The molecule has 0 radical (unpaired) electrons. The molecule has 0 saturated carbocycles. The zero-order chi connectivity index (χ0) is 8.31. The maximum atomic E-state index is 12.9. The maximum absolute atomic E-state index is 12.9. The molecular weight excluding hydrogens is 131 g/mol. The molecule has 0 amide bonds. The lowest BCUT2D eigenvalue weighted by Crippen LogP contribution is -2.31. The number of alkyl halides is 1. The Hall–Kier alpha value is -0.110. The third kappa shape index (κ3) is 2.65. The Labute approximate surface area is 62.3 Å². The molecule has 0 aliphatic rings. The second-order valence-corrected chi connectivity index (χ2v) is 3.42. The zero-order valence-electron chi connectivity index (χ0n) is 7.13. The van der Waals surface area contributed by atoms with E-state index in [0.717, 1.165) is 0 Å². The van der Waals surface area contributed by atoms with Crippen LogP contribution in [0.4, 0.5) is 4.39 Å². The number of hydrogen-bond acceptors (Lipinski definition) is 1. The van der Waals surface area contributed by atoms with E-state index in [2.05, 4.69) is 0 Å². The lowest BCUT2D eigenvalue weighted by Gasteiger charge is -2.21. The number of halogens is 1. The Balaban J connectivity index is 3.81. The van der Waals surface area contributed by atoms with E-state index in [0.29, 0.717) is 0 Å². The first-order valence-corrected chi connectivity index (χ1v) is 3.79. The predicted octanol–water partition coefficient (Wildman–Crippen LogP) is 2.00. The summed E-state index contributed by atoms with van der Waals surface area (Å²) in [5.41, 5.74) is 0. The highest BCUT2D eigenvalue weighted by atomic mass is 19.1. The highest BCUT2D eigenvalue weighted by Crippen LogP contribution is 2.16. The minimum absolute atomic E-state index is 0.0115. The van der Waals surface area contributed by atoms with Crippen molar-refractivity contribution in [3.63, 3.8) is 0 Å². The van der Waals surface area contributed by atoms with Crippen LogP contribution in [0.3, 0.4) is 0 Å². The molecule has 0 aromatic rings. The molecule has 0 aliphatic heterocycles. The van der Waals surface area contributed by atoms with Crippen molar-refractivity contribution in [3.05, 3.63) is 0 Å². The van der Waals surface area contributed by atoms with Crippen molar-refractivity contribution in [1.29, 1.82) is 0 Å². The minimum atomic E-state index is -1.08. The first kappa shape index (κ1) is 9.89. The van der Waals surface area contributed by atoms with Gasteiger partial charge in [0.25, 0.3) is 0 Å². The van der Waals surface area contributed by atoms with Crippen LogP contribution in [0.15, 0.2) is 0 Å². The van der Waals surface area contributed by atoms with E-state index in [1.807, 2.05) is 13.8 Å². The van der Waals surface area contributed by atoms with Crippen molar-refractivity contribution in [1.82, 2.24) is 0 Å². The van der Waals surface area contributed by atoms with Crippen LogP contribution in [0.25, 0.3) is 0 Å². The molecule has 0 aliphatic carbocycles. The lowest BCUT2D eigenvalue weighted by atomic mass is 9.95. The molecule has 0 aromatic heterocycles. The van der Waals surface area contributed by atoms with Crippen LogP contribution < -0.4 is 0 Å². The van der Waals surface area contributed by atoms with Gasteiger partial charge in [-0.3, -0.25) is 0 Å². The van der Waals surface area contributed by atoms with Gasteiger partial charge < -0.3 is 5.11 Å². The monoisotopic (exact) mass is 148 g/mol. The smallest absolute Gasteiger partial charge is 0.128 e. The van der Waals surface area contributed by atoms with Gasteiger partial charge in [-0.2, -0.15) is 0 Å². The van der Waals surface area contributed by atoms with Crippen LogP contribution >= 0.6 is 0 Å². The molecule has 0 bridgehead atoms. The Morgan fingerprint density at radius 3 is 1.50 bits per heavy atom. The van der Waals surface area contributed by atoms with Crippen molar-refractivity contribution < 1.29 is 9.50 Å². The Kier molecular flexibility index (Phi) is 3.87. The Bertz CT molecular complexity index is 79.3. The normalized spacial score (nSPS) is 18.0. The standard InChI is InChI=1S/C8H17FO/c1-5(2)7(9)8(10)6(3)4/h5-8,10H,1-4H3/t7-,8-/m0/s1. The predicted molar refractivity (Wildman–Crippen MR) is 40.6 cm³/mol. The highest BCUT2D eigenvalue weighted by molar-refractivity contribution is 4.72. The van der Waals surface area contributed by atoms with Gasteiger partial charge in [-0.1, -0.05) is 27.7 Å². The van der Waals surface area contributed by atoms with E-state index >= 15 is 0 Å². The lowest BCUT2D eigenvalue weighted by molar-refractivity contribution is 0.0188. The van der Waals surface area contributed by atoms with Gasteiger partial charge >= 0.3 is 0 Å². The topological polar surface area (TPSA) is 20.2 Å². The van der Waals surface area contributed by atoms with Crippen LogP contribution in [-0.2, 0) is 0 Å². The fraction of sp³-hybridized carbons (Fsp3) is 1.00. The van der Waals surface area contributed by atoms with Crippen molar-refractivity contribution in [2.45, 2.75) is 40.0 Å². The molecule has 0 unspecified atom stereocenters. The fourth-order valence-electron chi connectivity index (χ4n) is 0.762. The van der Waals surface area contributed by atoms with Crippen LogP contribution in [0.5, 0.6) is 0 Å². The molecular formula is C8H17FO. The number of hydrogen-bond donors (Lipinski definition) is 1. The fourth-order valence-corrected chi connectivity index (χ4v) is 0.762. The molecule has 1 N–H and O–H groups in total. The first-order valence-electron chi connectivity index (χ1n) is 3.79. The molecule has 62 valence electrons. The molecule has 0 spiro atoms. The number of aliphatic hydroxyl groups excluding tert-OH is 1. The molecule has 0 aromatic carbocycles. The van der Waals surface area contributed by atoms with Crippen molar-refractivity contribution in [2.24, 2.45) is 11.8 Å². The van der Waals surface area contributed by atoms with Gasteiger partial charge in [0.2, 0.25) is 0 Å². The first-order chi connectivity index (χ1) is 4.46. The second kappa shape index (κ2) is 3.91. The molecule has 0 fully saturated rings. The van der Waals surface area contributed by atoms with Gasteiger partial charge in [0.1, 0.15) is 6.17 Å². The summed E-state index contributed by atoms with van der Waals surface area (Å²) in [4.78, 5) is 0. The zero-order valence-corrected chi connectivity index (χ0v) is 7.13. The Morgan fingerprint density at radius 1 is 1.00 bits per heavy atom. The van der Waals surface area contributed by atoms with Crippen molar-refractivity contribution >= 4 is 0 Å². The summed E-state index contributed by atoms with van der Waals surface area (Å²) in [5.74, 6) is -0.0743. The van der Waals surface area contributed by atoms with Gasteiger partial charge in [-0.05, 0) is 11.8 Å². The summed E-state index contributed by atoms with van der Waals surface area (Å²) < 4.78 is 12.9. The summed E-state index contributed by atoms with van der Waals surface area (Å²) in [6.07, 6.45) is -1.89. The van der Waals surface area contributed by atoms with Crippen LogP contribution in [-0.4, -0.2) is 17.4 Å². The van der Waals surface area contributed by atoms with Gasteiger partial charge in [-0.25, -0.2) is 4.39 Å². The summed E-state index contributed by atoms with van der Waals surface area (Å²) in [7, 11) is 0. The van der Waals surface area contributed by atoms with E-state index in [1.165, 1.54) is 0 Å². The molecule has 0 heterocycles. The number of rotatable bonds is 3. The van der Waals surface area contributed by atoms with E-state index in [9.17, 15) is 9.50 Å². The molecule has 10 heavy (non-hydrogen) atoms. The van der Waals surface area contributed by atoms with Crippen LogP contribution in [0.1, 0.15) is 27.7 Å². The third-order valence-corrected chi connectivity index (χ3v) is 1.65. The highest BCUT2D eigenvalue weighted by Gasteiger charge is 2.23. The van der Waals surface area contributed by atoms with Crippen molar-refractivity contribution in [2.75, 3.05) is 0 Å². The minimum Gasteiger partial charge on any atom is -0.390 e. The van der Waals surface area contributed by atoms with Gasteiger partial charge in [0.05, 0.1) is 6.10 Å². The van der Waals surface area contributed by atoms with E-state index in [1.54, 1.807) is 13.8 Å². The molecule has 0 saturated heterocycles. The SMILES string of the molecule is CC(C)[C@H](O)[C@@H](F)C(C)C. The Morgan fingerprint density at radius 2 is 1.40 bits per heavy atom. The quantitative estimate of drug-likeness (QED) is 0.649. The average molecular weight is 148 g/mol. The summed E-state index contributed by atoms with van der Waals surface area (Å²) in [5, 5.41) is 9.19. The molecule has 1 nitrogen and oxygen atoms in total. The second-order valence-electron chi connectivity index (χ2n) is 3.42. The van der Waals surface area contributed by atoms with Gasteiger partial charge in [0, 0.05) is 0 Å². The van der Waals surface area contributed by atoms with Gasteiger partial charge in [0.15, 0.2) is 0 Å². The van der Waals surface area contributed by atoms with Crippen LogP contribution in [0, 0.1) is 11.8 Å².